The van der Waals surface area contributed by atoms with Crippen LogP contribution in [-0.4, -0.2) is 15.8 Å². The molecule has 2 N–H and O–H groups in total. The van der Waals surface area contributed by atoms with Gasteiger partial charge in [0.1, 0.15) is 5.82 Å². The average molecular weight is 387 g/mol. The molecule has 0 spiro atoms. The zero-order valence-corrected chi connectivity index (χ0v) is 15.6. The monoisotopic (exact) mass is 387 g/mol. The maximum atomic E-state index is 11.5. The third-order valence-electron chi connectivity index (χ3n) is 5.01. The third kappa shape index (κ3) is 3.58. The second kappa shape index (κ2) is 7.20. The van der Waals surface area contributed by atoms with Crippen molar-refractivity contribution in [3.8, 4) is 6.07 Å². The van der Waals surface area contributed by atoms with Gasteiger partial charge in [0.2, 0.25) is 5.91 Å². The number of amides is 1. The minimum absolute atomic E-state index is 0.0288. The van der Waals surface area contributed by atoms with Gasteiger partial charge in [0.05, 0.1) is 22.1 Å². The van der Waals surface area contributed by atoms with Crippen molar-refractivity contribution in [1.29, 1.82) is 5.26 Å². The number of hydrogen-bond donors (Lipinski definition) is 2. The molecule has 0 saturated carbocycles. The Morgan fingerprint density at radius 2 is 2.07 bits per heavy atom. The molecule has 1 atom stereocenters. The fraction of sp³-hybridized carbons (Fsp3) is 0.190. The summed E-state index contributed by atoms with van der Waals surface area (Å²) >= 11 is 0. The largest absolute Gasteiger partial charge is 0.363 e. The van der Waals surface area contributed by atoms with Crippen LogP contribution in [0.15, 0.2) is 42.5 Å². The number of aromatic nitrogens is 1. The van der Waals surface area contributed by atoms with Gasteiger partial charge >= 0.3 is 0 Å². The minimum Gasteiger partial charge on any atom is -0.363 e. The Kier molecular flexibility index (Phi) is 4.56. The summed E-state index contributed by atoms with van der Waals surface area (Å²) in [6.07, 6.45) is 1.18. The van der Waals surface area contributed by atoms with Gasteiger partial charge in [0.15, 0.2) is 0 Å². The molecule has 1 amide bonds. The fourth-order valence-electron chi connectivity index (χ4n) is 3.47. The molecule has 0 saturated heterocycles. The predicted octanol–water partition coefficient (Wildman–Crippen LogP) is 4.07. The van der Waals surface area contributed by atoms with Crippen LogP contribution in [0, 0.1) is 21.4 Å². The number of hydrogen-bond acceptors (Lipinski definition) is 6. The second-order valence-corrected chi connectivity index (χ2v) is 6.96. The van der Waals surface area contributed by atoms with Crippen molar-refractivity contribution in [2.45, 2.75) is 25.8 Å². The molecule has 0 aliphatic carbocycles. The van der Waals surface area contributed by atoms with E-state index >= 15 is 0 Å². The number of benzene rings is 2. The normalized spacial score (nSPS) is 13.9. The zero-order valence-electron chi connectivity index (χ0n) is 15.6. The molecule has 0 bridgehead atoms. The Hall–Kier alpha value is -3.99. The lowest BCUT2D eigenvalue weighted by atomic mass is 9.98. The molecule has 1 aromatic heterocycles. The summed E-state index contributed by atoms with van der Waals surface area (Å²) in [5.41, 5.74) is 3.72. The molecule has 0 radical (unpaired) electrons. The number of aryl methyl sites for hydroxylation is 1. The number of carbonyl (C=O) groups is 1. The van der Waals surface area contributed by atoms with Gasteiger partial charge in [-0.2, -0.15) is 5.26 Å². The fourth-order valence-corrected chi connectivity index (χ4v) is 3.47. The Labute approximate surface area is 166 Å². The van der Waals surface area contributed by atoms with Gasteiger partial charge in [-0.25, -0.2) is 4.98 Å². The van der Waals surface area contributed by atoms with Crippen LogP contribution >= 0.6 is 0 Å². The lowest BCUT2D eigenvalue weighted by Crippen LogP contribution is -2.19. The second-order valence-electron chi connectivity index (χ2n) is 6.96. The molecular weight excluding hydrogens is 370 g/mol. The van der Waals surface area contributed by atoms with Crippen LogP contribution in [0.3, 0.4) is 0 Å². The van der Waals surface area contributed by atoms with Crippen LogP contribution in [0.1, 0.15) is 36.1 Å². The highest BCUT2D eigenvalue weighted by molar-refractivity contribution is 5.94. The lowest BCUT2D eigenvalue weighted by molar-refractivity contribution is -0.384. The van der Waals surface area contributed by atoms with Gasteiger partial charge < -0.3 is 10.6 Å². The lowest BCUT2D eigenvalue weighted by Gasteiger charge is -2.21. The third-order valence-corrected chi connectivity index (χ3v) is 5.01. The van der Waals surface area contributed by atoms with Crippen LogP contribution in [0.5, 0.6) is 0 Å². The first kappa shape index (κ1) is 18.4. The van der Waals surface area contributed by atoms with Gasteiger partial charge in [0.25, 0.3) is 5.69 Å². The minimum atomic E-state index is -0.493. The van der Waals surface area contributed by atoms with Crippen LogP contribution in [0.2, 0.25) is 0 Å². The van der Waals surface area contributed by atoms with Crippen molar-refractivity contribution >= 4 is 34.0 Å². The summed E-state index contributed by atoms with van der Waals surface area (Å²) in [7, 11) is 0. The molecule has 8 heteroatoms. The number of anilines is 2. The van der Waals surface area contributed by atoms with E-state index in [0.29, 0.717) is 35.1 Å². The van der Waals surface area contributed by atoms with Crippen molar-refractivity contribution in [3.63, 3.8) is 0 Å². The van der Waals surface area contributed by atoms with E-state index in [1.807, 2.05) is 19.1 Å². The van der Waals surface area contributed by atoms with E-state index in [1.165, 1.54) is 12.1 Å². The van der Waals surface area contributed by atoms with Crippen molar-refractivity contribution in [3.05, 3.63) is 69.3 Å². The van der Waals surface area contributed by atoms with Crippen molar-refractivity contribution in [2.24, 2.45) is 0 Å². The molecule has 2 aromatic carbocycles. The molecule has 0 fully saturated rings. The highest BCUT2D eigenvalue weighted by Gasteiger charge is 2.17. The highest BCUT2D eigenvalue weighted by Crippen LogP contribution is 2.29. The Morgan fingerprint density at radius 3 is 2.83 bits per heavy atom. The summed E-state index contributed by atoms with van der Waals surface area (Å²) in [6, 6.07) is 13.8. The first-order chi connectivity index (χ1) is 13.9. The number of nitriles is 1. The molecule has 2 heterocycles. The zero-order chi connectivity index (χ0) is 20.5. The molecule has 144 valence electrons. The number of carbonyl (C=O) groups excluding carboxylic acids is 1. The Balaban J connectivity index is 1.64. The van der Waals surface area contributed by atoms with E-state index in [-0.39, 0.29) is 17.6 Å². The van der Waals surface area contributed by atoms with Crippen molar-refractivity contribution in [1.82, 2.24) is 4.98 Å². The molecular formula is C21H17N5O3. The quantitative estimate of drug-likeness (QED) is 0.514. The number of nitro benzene ring substituents is 1. The van der Waals surface area contributed by atoms with E-state index in [0.717, 1.165) is 16.8 Å². The topological polar surface area (TPSA) is 121 Å². The Bertz CT molecular complexity index is 1200. The van der Waals surface area contributed by atoms with Gasteiger partial charge in [-0.3, -0.25) is 14.9 Å². The van der Waals surface area contributed by atoms with Crippen molar-refractivity contribution in [2.75, 3.05) is 10.6 Å². The van der Waals surface area contributed by atoms with Crippen LogP contribution < -0.4 is 10.6 Å². The average Bonchev–Trinajstić information content (AvgIpc) is 2.72. The summed E-state index contributed by atoms with van der Waals surface area (Å²) in [6.45, 7) is 1.98. The highest BCUT2D eigenvalue weighted by atomic mass is 16.6. The number of rotatable bonds is 4. The summed E-state index contributed by atoms with van der Waals surface area (Å²) in [5, 5.41) is 27.1. The first-order valence-electron chi connectivity index (χ1n) is 9.13. The van der Waals surface area contributed by atoms with E-state index in [2.05, 4.69) is 27.8 Å². The van der Waals surface area contributed by atoms with E-state index in [4.69, 9.17) is 0 Å². The molecule has 1 unspecified atom stereocenters. The number of nitrogens with one attached hydrogen (secondary N) is 2. The molecule has 1 aliphatic heterocycles. The first-order valence-corrected chi connectivity index (χ1v) is 9.13. The van der Waals surface area contributed by atoms with Crippen LogP contribution in [0.25, 0.3) is 10.9 Å². The summed E-state index contributed by atoms with van der Waals surface area (Å²) in [5.74, 6) is 0.544. The summed E-state index contributed by atoms with van der Waals surface area (Å²) in [4.78, 5) is 26.5. The summed E-state index contributed by atoms with van der Waals surface area (Å²) < 4.78 is 0. The van der Waals surface area contributed by atoms with Crippen LogP contribution in [0.4, 0.5) is 17.2 Å². The number of non-ortho nitro benzene ring substituents is 1. The van der Waals surface area contributed by atoms with Gasteiger partial charge in [-0.15, -0.1) is 0 Å². The molecule has 29 heavy (non-hydrogen) atoms. The Morgan fingerprint density at radius 1 is 1.24 bits per heavy atom. The van der Waals surface area contributed by atoms with Gasteiger partial charge in [-0.1, -0.05) is 12.1 Å². The molecule has 3 aromatic rings. The molecule has 1 aliphatic rings. The van der Waals surface area contributed by atoms with E-state index in [1.54, 1.807) is 12.1 Å². The van der Waals surface area contributed by atoms with Crippen LogP contribution in [-0.2, 0) is 11.2 Å². The van der Waals surface area contributed by atoms with E-state index in [9.17, 15) is 20.2 Å². The van der Waals surface area contributed by atoms with Gasteiger partial charge in [-0.05, 0) is 42.7 Å². The molecule has 4 rings (SSSR count). The maximum Gasteiger partial charge on any atom is 0.270 e. The number of fused-ring (bicyclic) bond motifs is 2. The predicted molar refractivity (Wildman–Crippen MR) is 109 cm³/mol. The number of nitrogens with zero attached hydrogens (tertiary/aromatic N) is 3. The van der Waals surface area contributed by atoms with E-state index < -0.39 is 4.92 Å². The number of pyridine rings is 1. The number of nitro groups is 1. The molecule has 8 nitrogen and oxygen atoms in total. The SMILES string of the molecule is CC(Nc1cc(C#N)c2cc([N+](=O)[O-])ccc2n1)c1ccc2c(c1)CCC(=O)N2. The van der Waals surface area contributed by atoms with Crippen molar-refractivity contribution < 1.29 is 9.72 Å². The standard InChI is InChI=1S/C21H17N5O3/c1-12(13-2-5-18-14(8-13)3-7-21(27)25-18)23-20-9-15(11-22)17-10-16(26(28)29)4-6-19(17)24-20/h2,4-6,8-10,12H,3,7H2,1H3,(H,23,24)(H,25,27). The van der Waals surface area contributed by atoms with Gasteiger partial charge in [0, 0.05) is 35.7 Å². The smallest absolute Gasteiger partial charge is 0.270 e. The maximum absolute atomic E-state index is 11.5.